The number of ether oxygens (including phenoxy) is 7. The number of rotatable bonds is 20. The highest BCUT2D eigenvalue weighted by Crippen LogP contribution is 2.43. The highest BCUT2D eigenvalue weighted by molar-refractivity contribution is 5.66. The summed E-state index contributed by atoms with van der Waals surface area (Å²) in [7, 11) is 0. The van der Waals surface area contributed by atoms with Crippen LogP contribution in [-0.2, 0) is 71.0 Å². The maximum atomic E-state index is 13.2. The van der Waals surface area contributed by atoms with Crippen molar-refractivity contribution in [1.29, 1.82) is 0 Å². The van der Waals surface area contributed by atoms with Crippen molar-refractivity contribution in [3.8, 4) is 0 Å². The Morgan fingerprint density at radius 1 is 0.527 bits per heavy atom. The maximum Gasteiger partial charge on any atom is 0.303 e. The quantitative estimate of drug-likeness (QED) is 0.0581. The Balaban J connectivity index is 1.50. The SMILES string of the molecule is C=CCO[C@@H]1[C@H](OCc2ccccc2)[C@@H](OCc2ccccc2)[C@H](OCc2ccccc2)[C@](COCc2ccccc2)(OCc2ccccc2)[C@H]1OC(C)=O. The molecule has 0 aromatic heterocycles. The van der Waals surface area contributed by atoms with E-state index in [1.54, 1.807) is 6.08 Å². The van der Waals surface area contributed by atoms with E-state index in [9.17, 15) is 4.79 Å². The number of esters is 1. The van der Waals surface area contributed by atoms with E-state index in [4.69, 9.17) is 33.2 Å². The molecule has 1 aliphatic rings. The van der Waals surface area contributed by atoms with E-state index in [2.05, 4.69) is 6.58 Å². The van der Waals surface area contributed by atoms with Crippen LogP contribution in [0.1, 0.15) is 34.7 Å². The molecule has 55 heavy (non-hydrogen) atoms. The Bertz CT molecular complexity index is 1840. The molecule has 1 fully saturated rings. The first-order valence-electron chi connectivity index (χ1n) is 18.7. The molecule has 8 nitrogen and oxygen atoms in total. The highest BCUT2D eigenvalue weighted by Gasteiger charge is 2.65. The van der Waals surface area contributed by atoms with Crippen LogP contribution in [0.5, 0.6) is 0 Å². The maximum absolute atomic E-state index is 13.2. The summed E-state index contributed by atoms with van der Waals surface area (Å²) in [5.41, 5.74) is 3.30. The lowest BCUT2D eigenvalue weighted by atomic mass is 9.74. The van der Waals surface area contributed by atoms with Crippen molar-refractivity contribution in [2.24, 2.45) is 0 Å². The van der Waals surface area contributed by atoms with Crippen molar-refractivity contribution in [1.82, 2.24) is 0 Å². The molecule has 0 spiro atoms. The van der Waals surface area contributed by atoms with Crippen molar-refractivity contribution in [3.05, 3.63) is 192 Å². The van der Waals surface area contributed by atoms with E-state index < -0.39 is 42.1 Å². The lowest BCUT2D eigenvalue weighted by molar-refractivity contribution is -0.329. The van der Waals surface area contributed by atoms with Gasteiger partial charge < -0.3 is 33.2 Å². The summed E-state index contributed by atoms with van der Waals surface area (Å²) < 4.78 is 47.6. The molecule has 1 saturated carbocycles. The van der Waals surface area contributed by atoms with E-state index in [1.165, 1.54) is 6.92 Å². The monoisotopic (exact) mass is 742 g/mol. The first-order valence-corrected chi connectivity index (χ1v) is 18.7. The third-order valence-corrected chi connectivity index (χ3v) is 9.54. The van der Waals surface area contributed by atoms with Crippen LogP contribution in [0.4, 0.5) is 0 Å². The van der Waals surface area contributed by atoms with Gasteiger partial charge in [0.25, 0.3) is 0 Å². The zero-order valence-electron chi connectivity index (χ0n) is 31.3. The first-order chi connectivity index (χ1) is 27.1. The summed E-state index contributed by atoms with van der Waals surface area (Å²) in [6.07, 6.45) is -2.79. The molecule has 0 saturated heterocycles. The number of hydrogen-bond acceptors (Lipinski definition) is 8. The molecule has 1 aliphatic carbocycles. The Morgan fingerprint density at radius 3 is 1.38 bits per heavy atom. The van der Waals surface area contributed by atoms with Crippen LogP contribution < -0.4 is 0 Å². The minimum atomic E-state index is -1.47. The molecular formula is C47H50O8. The van der Waals surface area contributed by atoms with Crippen molar-refractivity contribution in [2.75, 3.05) is 13.2 Å². The molecule has 6 rings (SSSR count). The molecule has 6 atom stereocenters. The molecule has 0 aliphatic heterocycles. The number of carbonyl (C=O) groups excluding carboxylic acids is 1. The van der Waals surface area contributed by atoms with Crippen LogP contribution in [0.3, 0.4) is 0 Å². The predicted octanol–water partition coefficient (Wildman–Crippen LogP) is 8.43. The van der Waals surface area contributed by atoms with Crippen LogP contribution >= 0.6 is 0 Å². The smallest absolute Gasteiger partial charge is 0.303 e. The highest BCUT2D eigenvalue weighted by atomic mass is 16.6. The van der Waals surface area contributed by atoms with E-state index in [0.29, 0.717) is 0 Å². The van der Waals surface area contributed by atoms with E-state index in [1.807, 2.05) is 152 Å². The molecule has 0 radical (unpaired) electrons. The molecule has 0 heterocycles. The third-order valence-electron chi connectivity index (χ3n) is 9.54. The van der Waals surface area contributed by atoms with Gasteiger partial charge in [0.2, 0.25) is 0 Å². The Hall–Kier alpha value is -4.93. The molecule has 0 N–H and O–H groups in total. The second kappa shape index (κ2) is 20.7. The number of benzene rings is 5. The molecule has 5 aromatic rings. The molecule has 286 valence electrons. The lowest BCUT2D eigenvalue weighted by Gasteiger charge is -2.55. The Labute approximate surface area is 324 Å². The summed E-state index contributed by atoms with van der Waals surface area (Å²) in [4.78, 5) is 13.2. The van der Waals surface area contributed by atoms with E-state index in [0.717, 1.165) is 27.8 Å². The molecule has 0 amide bonds. The van der Waals surface area contributed by atoms with E-state index in [-0.39, 0.29) is 46.2 Å². The van der Waals surface area contributed by atoms with Crippen LogP contribution in [0.2, 0.25) is 0 Å². The average Bonchev–Trinajstić information content (AvgIpc) is 3.23. The first kappa shape index (κ1) is 39.8. The summed E-state index contributed by atoms with van der Waals surface area (Å²) in [5.74, 6) is -0.514. The second-order valence-electron chi connectivity index (χ2n) is 13.6. The molecule has 5 aromatic carbocycles. The fourth-order valence-electron chi connectivity index (χ4n) is 6.92. The van der Waals surface area contributed by atoms with Crippen LogP contribution in [0, 0.1) is 0 Å². The van der Waals surface area contributed by atoms with Gasteiger partial charge in [-0.3, -0.25) is 4.79 Å². The van der Waals surface area contributed by atoms with Gasteiger partial charge in [-0.15, -0.1) is 6.58 Å². The zero-order chi connectivity index (χ0) is 38.1. The topological polar surface area (TPSA) is 81.7 Å². The zero-order valence-corrected chi connectivity index (χ0v) is 31.3. The summed E-state index contributed by atoms with van der Waals surface area (Å²) in [6.45, 7) is 6.56. The summed E-state index contributed by atoms with van der Waals surface area (Å²) in [5, 5.41) is 0. The van der Waals surface area contributed by atoms with Gasteiger partial charge in [0.05, 0.1) is 46.2 Å². The molecular weight excluding hydrogens is 693 g/mol. The minimum absolute atomic E-state index is 0.0311. The second-order valence-corrected chi connectivity index (χ2v) is 13.6. The van der Waals surface area contributed by atoms with Crippen LogP contribution in [0.25, 0.3) is 0 Å². The average molecular weight is 743 g/mol. The van der Waals surface area contributed by atoms with Gasteiger partial charge in [0.1, 0.15) is 24.4 Å². The van der Waals surface area contributed by atoms with Crippen molar-refractivity contribution in [2.45, 2.75) is 76.1 Å². The standard InChI is InChI=1S/C47H50O8/c1-3-29-50-44-42(51-31-38-21-11-5-12-22-38)43(52-32-39-23-13-6-14-24-39)45(53-33-40-25-15-7-16-26-40)47(46(44)55-36(2)48,54-34-41-27-17-8-18-28-41)35-49-30-37-19-9-4-10-20-37/h3-28,42-46H,1,29-35H2,2H3/t42-,43-,44-,45+,46+,47+/m1/s1. The summed E-state index contributed by atoms with van der Waals surface area (Å²) in [6, 6.07) is 49.5. The van der Waals surface area contributed by atoms with Crippen molar-refractivity contribution < 1.29 is 38.0 Å². The number of hydrogen-bond donors (Lipinski definition) is 0. The normalized spacial score (nSPS) is 22.2. The fourth-order valence-corrected chi connectivity index (χ4v) is 6.92. The minimum Gasteiger partial charge on any atom is -0.456 e. The van der Waals surface area contributed by atoms with Crippen molar-refractivity contribution in [3.63, 3.8) is 0 Å². The fraction of sp³-hybridized carbons (Fsp3) is 0.298. The predicted molar refractivity (Wildman–Crippen MR) is 211 cm³/mol. The Morgan fingerprint density at radius 2 is 0.927 bits per heavy atom. The van der Waals surface area contributed by atoms with Gasteiger partial charge >= 0.3 is 5.97 Å². The van der Waals surface area contributed by atoms with Gasteiger partial charge in [-0.05, 0) is 27.8 Å². The Kier molecular flexibility index (Phi) is 14.9. The largest absolute Gasteiger partial charge is 0.456 e. The molecule has 0 bridgehead atoms. The van der Waals surface area contributed by atoms with Crippen LogP contribution in [0.15, 0.2) is 164 Å². The molecule has 8 heteroatoms. The van der Waals surface area contributed by atoms with Gasteiger partial charge in [-0.2, -0.15) is 0 Å². The number of carbonyl (C=O) groups is 1. The summed E-state index contributed by atoms with van der Waals surface area (Å²) >= 11 is 0. The third kappa shape index (κ3) is 11.1. The van der Waals surface area contributed by atoms with Crippen LogP contribution in [-0.4, -0.2) is 55.3 Å². The van der Waals surface area contributed by atoms with E-state index >= 15 is 0 Å². The van der Waals surface area contributed by atoms with Gasteiger partial charge in [-0.1, -0.05) is 158 Å². The van der Waals surface area contributed by atoms with Gasteiger partial charge in [0.15, 0.2) is 11.7 Å². The van der Waals surface area contributed by atoms with Gasteiger partial charge in [-0.25, -0.2) is 0 Å². The van der Waals surface area contributed by atoms with Gasteiger partial charge in [0, 0.05) is 6.92 Å². The lowest BCUT2D eigenvalue weighted by Crippen LogP contribution is -2.75. The molecule has 0 unspecified atom stereocenters. The van der Waals surface area contributed by atoms with Crippen molar-refractivity contribution >= 4 is 5.97 Å².